The molecule has 7 heteroatoms. The number of nitrogens with one attached hydrogen (secondary N) is 2. The number of hydrogen-bond donors (Lipinski definition) is 2. The van der Waals surface area contributed by atoms with E-state index in [9.17, 15) is 14.4 Å². The van der Waals surface area contributed by atoms with Crippen LogP contribution in [-0.2, 0) is 4.79 Å². The zero-order chi connectivity index (χ0) is 19.5. The number of anilines is 1. The Morgan fingerprint density at radius 2 is 1.75 bits per heavy atom. The molecule has 2 aliphatic rings. The number of benzene rings is 1. The predicted molar refractivity (Wildman–Crippen MR) is 103 cm³/mol. The van der Waals surface area contributed by atoms with Crippen molar-refractivity contribution < 1.29 is 18.8 Å². The van der Waals surface area contributed by atoms with Gasteiger partial charge in [-0.15, -0.1) is 0 Å². The fourth-order valence-electron chi connectivity index (χ4n) is 3.43. The van der Waals surface area contributed by atoms with E-state index in [1.54, 1.807) is 35.2 Å². The molecule has 1 saturated heterocycles. The van der Waals surface area contributed by atoms with Crippen LogP contribution in [-0.4, -0.2) is 41.8 Å². The molecule has 1 aromatic heterocycles. The number of piperidine rings is 1. The van der Waals surface area contributed by atoms with Crippen LogP contribution in [0.15, 0.2) is 47.3 Å². The standard InChI is InChI=1S/C21H23N3O4/c25-19(14-7-10-24(11-8-14)21(27)15-9-12-28-13-15)23-18-4-2-1-3-17(18)20(26)22-16-5-6-16/h1-4,9,12-14,16H,5-8,10-11H2,(H,22,26)(H,23,25). The van der Waals surface area contributed by atoms with E-state index in [4.69, 9.17) is 4.42 Å². The van der Waals surface area contributed by atoms with Gasteiger partial charge in [0, 0.05) is 25.0 Å². The lowest BCUT2D eigenvalue weighted by Gasteiger charge is -2.31. The van der Waals surface area contributed by atoms with Gasteiger partial charge in [-0.3, -0.25) is 14.4 Å². The maximum Gasteiger partial charge on any atom is 0.257 e. The smallest absolute Gasteiger partial charge is 0.257 e. The Kier molecular flexibility index (Phi) is 5.14. The minimum atomic E-state index is -0.187. The van der Waals surface area contributed by atoms with E-state index in [2.05, 4.69) is 10.6 Å². The van der Waals surface area contributed by atoms with Gasteiger partial charge in [0.1, 0.15) is 6.26 Å². The van der Waals surface area contributed by atoms with E-state index in [0.29, 0.717) is 42.7 Å². The Morgan fingerprint density at radius 1 is 1.00 bits per heavy atom. The molecule has 1 aliphatic heterocycles. The average Bonchev–Trinajstić information content (AvgIpc) is 3.36. The van der Waals surface area contributed by atoms with Crippen LogP contribution in [0.1, 0.15) is 46.4 Å². The second kappa shape index (κ2) is 7.88. The van der Waals surface area contributed by atoms with Gasteiger partial charge in [0.15, 0.2) is 0 Å². The lowest BCUT2D eigenvalue weighted by molar-refractivity contribution is -0.121. The van der Waals surface area contributed by atoms with Gasteiger partial charge in [0.2, 0.25) is 5.91 Å². The van der Waals surface area contributed by atoms with E-state index in [0.717, 1.165) is 12.8 Å². The Bertz CT molecular complexity index is 866. The number of likely N-dealkylation sites (tertiary alicyclic amines) is 1. The topological polar surface area (TPSA) is 91.7 Å². The maximum atomic E-state index is 12.7. The van der Waals surface area contributed by atoms with Gasteiger partial charge < -0.3 is 20.0 Å². The van der Waals surface area contributed by atoms with Gasteiger partial charge in [-0.05, 0) is 43.9 Å². The summed E-state index contributed by atoms with van der Waals surface area (Å²) in [4.78, 5) is 39.2. The highest BCUT2D eigenvalue weighted by Crippen LogP contribution is 2.24. The van der Waals surface area contributed by atoms with Crippen LogP contribution in [0.2, 0.25) is 0 Å². The summed E-state index contributed by atoms with van der Waals surface area (Å²) in [5.74, 6) is -0.524. The van der Waals surface area contributed by atoms with Crippen molar-refractivity contribution in [3.63, 3.8) is 0 Å². The lowest BCUT2D eigenvalue weighted by Crippen LogP contribution is -2.41. The number of rotatable bonds is 5. The third-order valence-electron chi connectivity index (χ3n) is 5.26. The van der Waals surface area contributed by atoms with Crippen LogP contribution >= 0.6 is 0 Å². The quantitative estimate of drug-likeness (QED) is 0.833. The van der Waals surface area contributed by atoms with Crippen molar-refractivity contribution in [3.05, 3.63) is 54.0 Å². The Labute approximate surface area is 163 Å². The van der Waals surface area contributed by atoms with E-state index in [1.165, 1.54) is 12.5 Å². The predicted octanol–water partition coefficient (Wildman–Crippen LogP) is 2.66. The summed E-state index contributed by atoms with van der Waals surface area (Å²) >= 11 is 0. The molecule has 7 nitrogen and oxygen atoms in total. The molecule has 0 unspecified atom stereocenters. The summed E-state index contributed by atoms with van der Waals surface area (Å²) in [5.41, 5.74) is 1.54. The molecule has 1 aromatic carbocycles. The summed E-state index contributed by atoms with van der Waals surface area (Å²) in [6, 6.07) is 8.96. The Hall–Kier alpha value is -3.09. The molecule has 2 N–H and O–H groups in total. The largest absolute Gasteiger partial charge is 0.472 e. The number of carbonyl (C=O) groups excluding carboxylic acids is 3. The first-order valence-electron chi connectivity index (χ1n) is 9.64. The molecule has 1 saturated carbocycles. The summed E-state index contributed by atoms with van der Waals surface area (Å²) in [6.07, 6.45) is 6.11. The van der Waals surface area contributed by atoms with Gasteiger partial charge >= 0.3 is 0 Å². The molecule has 0 spiro atoms. The lowest BCUT2D eigenvalue weighted by atomic mass is 9.95. The fourth-order valence-corrected chi connectivity index (χ4v) is 3.43. The number of nitrogens with zero attached hydrogens (tertiary/aromatic N) is 1. The van der Waals surface area contributed by atoms with E-state index in [1.807, 2.05) is 0 Å². The van der Waals surface area contributed by atoms with Gasteiger partial charge in [-0.2, -0.15) is 0 Å². The van der Waals surface area contributed by atoms with Gasteiger partial charge in [-0.25, -0.2) is 0 Å². The van der Waals surface area contributed by atoms with Crippen LogP contribution in [0.4, 0.5) is 5.69 Å². The van der Waals surface area contributed by atoms with Crippen molar-refractivity contribution >= 4 is 23.4 Å². The Balaban J connectivity index is 1.35. The minimum Gasteiger partial charge on any atom is -0.472 e. The number of hydrogen-bond acceptors (Lipinski definition) is 4. The SMILES string of the molecule is O=C(NC1CC1)c1ccccc1NC(=O)C1CCN(C(=O)c2ccoc2)CC1. The van der Waals surface area contributed by atoms with Crippen molar-refractivity contribution in [2.75, 3.05) is 18.4 Å². The summed E-state index contributed by atoms with van der Waals surface area (Å²) < 4.78 is 4.97. The normalized spacial score (nSPS) is 17.2. The summed E-state index contributed by atoms with van der Waals surface area (Å²) in [6.45, 7) is 1.04. The molecule has 2 aromatic rings. The van der Waals surface area contributed by atoms with Crippen LogP contribution in [0.5, 0.6) is 0 Å². The second-order valence-electron chi connectivity index (χ2n) is 7.36. The third-order valence-corrected chi connectivity index (χ3v) is 5.26. The maximum absolute atomic E-state index is 12.7. The zero-order valence-electron chi connectivity index (χ0n) is 15.5. The molecular formula is C21H23N3O4. The van der Waals surface area contributed by atoms with Crippen molar-refractivity contribution in [2.45, 2.75) is 31.7 Å². The highest BCUT2D eigenvalue weighted by atomic mass is 16.3. The van der Waals surface area contributed by atoms with Crippen LogP contribution in [0, 0.1) is 5.92 Å². The number of amides is 3. The highest BCUT2D eigenvalue weighted by molar-refractivity contribution is 6.04. The molecule has 3 amide bonds. The van der Waals surface area contributed by atoms with E-state index < -0.39 is 0 Å². The molecule has 2 fully saturated rings. The number of carbonyl (C=O) groups is 3. The highest BCUT2D eigenvalue weighted by Gasteiger charge is 2.29. The van der Waals surface area contributed by atoms with Crippen LogP contribution < -0.4 is 10.6 Å². The molecule has 28 heavy (non-hydrogen) atoms. The molecule has 2 heterocycles. The van der Waals surface area contributed by atoms with Crippen molar-refractivity contribution in [2.24, 2.45) is 5.92 Å². The Morgan fingerprint density at radius 3 is 2.43 bits per heavy atom. The first-order chi connectivity index (χ1) is 13.6. The van der Waals surface area contributed by atoms with Gasteiger partial charge in [-0.1, -0.05) is 12.1 Å². The minimum absolute atomic E-state index is 0.0744. The first-order valence-corrected chi connectivity index (χ1v) is 9.64. The van der Waals surface area contributed by atoms with E-state index in [-0.39, 0.29) is 29.7 Å². The molecule has 1 aliphatic carbocycles. The van der Waals surface area contributed by atoms with E-state index >= 15 is 0 Å². The molecule has 4 rings (SSSR count). The molecule has 146 valence electrons. The van der Waals surface area contributed by atoms with Gasteiger partial charge in [0.05, 0.1) is 23.1 Å². The second-order valence-corrected chi connectivity index (χ2v) is 7.36. The van der Waals surface area contributed by atoms with Crippen molar-refractivity contribution in [1.82, 2.24) is 10.2 Å². The van der Waals surface area contributed by atoms with Gasteiger partial charge in [0.25, 0.3) is 11.8 Å². The summed E-state index contributed by atoms with van der Waals surface area (Å²) in [5, 5.41) is 5.86. The third kappa shape index (κ3) is 4.08. The zero-order valence-corrected chi connectivity index (χ0v) is 15.5. The monoisotopic (exact) mass is 381 g/mol. The molecule has 0 atom stereocenters. The summed E-state index contributed by atoms with van der Waals surface area (Å²) in [7, 11) is 0. The molecule has 0 bridgehead atoms. The fraction of sp³-hybridized carbons (Fsp3) is 0.381. The van der Waals surface area contributed by atoms with Crippen molar-refractivity contribution in [3.8, 4) is 0 Å². The van der Waals surface area contributed by atoms with Crippen LogP contribution in [0.25, 0.3) is 0 Å². The molecular weight excluding hydrogens is 358 g/mol. The molecule has 0 radical (unpaired) electrons. The van der Waals surface area contributed by atoms with Crippen molar-refractivity contribution in [1.29, 1.82) is 0 Å². The average molecular weight is 381 g/mol. The first kappa shape index (κ1) is 18.3. The van der Waals surface area contributed by atoms with Crippen LogP contribution in [0.3, 0.4) is 0 Å². The number of furan rings is 1. The number of para-hydroxylation sites is 1.